The van der Waals surface area contributed by atoms with Crippen LogP contribution >= 0.6 is 0 Å². The normalized spacial score (nSPS) is 22.7. The first kappa shape index (κ1) is 19.5. The average molecular weight is 400 g/mol. The molecule has 2 amide bonds. The van der Waals surface area contributed by atoms with Crippen molar-refractivity contribution in [2.75, 3.05) is 25.5 Å². The summed E-state index contributed by atoms with van der Waals surface area (Å²) in [6.45, 7) is 1.97. The zero-order chi connectivity index (χ0) is 20.8. The molecule has 2 aliphatic rings. The monoisotopic (exact) mass is 400 g/mol. The predicted octanol–water partition coefficient (Wildman–Crippen LogP) is 3.66. The summed E-state index contributed by atoms with van der Waals surface area (Å²) in [5.41, 5.74) is 2.36. The van der Waals surface area contributed by atoms with Gasteiger partial charge < -0.3 is 15.0 Å². The van der Waals surface area contributed by atoms with E-state index in [1.54, 1.807) is 30.3 Å². The second-order valence-corrected chi connectivity index (χ2v) is 7.64. The minimum absolute atomic E-state index is 0.0752. The molecular formula is C22H22F2N2O3. The Balaban J connectivity index is 1.49. The maximum atomic E-state index is 13.4. The Labute approximate surface area is 167 Å². The Morgan fingerprint density at radius 2 is 1.79 bits per heavy atom. The Bertz CT molecular complexity index is 934. The van der Waals surface area contributed by atoms with Gasteiger partial charge in [0.05, 0.1) is 11.8 Å². The molecule has 5 nitrogen and oxygen atoms in total. The molecule has 152 valence electrons. The van der Waals surface area contributed by atoms with Crippen molar-refractivity contribution in [3.05, 3.63) is 65.2 Å². The highest BCUT2D eigenvalue weighted by Gasteiger charge is 2.72. The van der Waals surface area contributed by atoms with E-state index >= 15 is 0 Å². The summed E-state index contributed by atoms with van der Waals surface area (Å²) >= 11 is 0. The minimum atomic E-state index is -2.63. The second-order valence-electron chi connectivity index (χ2n) is 7.64. The number of nitrogens with zero attached hydrogens (tertiary/aromatic N) is 1. The molecule has 2 aromatic carbocycles. The van der Waals surface area contributed by atoms with Crippen LogP contribution in [0.15, 0.2) is 48.5 Å². The van der Waals surface area contributed by atoms with Gasteiger partial charge in [-0.2, -0.15) is 0 Å². The summed E-state index contributed by atoms with van der Waals surface area (Å²) in [5, 5.41) is 2.82. The molecule has 1 aliphatic heterocycles. The molecule has 1 saturated carbocycles. The third-order valence-corrected chi connectivity index (χ3v) is 5.81. The summed E-state index contributed by atoms with van der Waals surface area (Å²) in [5.74, 6) is -4.72. The van der Waals surface area contributed by atoms with E-state index in [0.29, 0.717) is 11.3 Å². The van der Waals surface area contributed by atoms with Gasteiger partial charge in [0.2, 0.25) is 0 Å². The largest absolute Gasteiger partial charge is 0.367 e. The number of carbonyl (C=O) groups is 2. The molecule has 2 unspecified atom stereocenters. The molecule has 3 atom stereocenters. The van der Waals surface area contributed by atoms with Crippen LogP contribution in [-0.2, 0) is 9.53 Å². The number of carbonyl (C=O) groups excluding carboxylic acids is 2. The molecule has 2 fully saturated rings. The molecular weight excluding hydrogens is 378 g/mol. The van der Waals surface area contributed by atoms with E-state index in [1.807, 2.05) is 25.1 Å². The lowest BCUT2D eigenvalue weighted by Gasteiger charge is -2.21. The highest BCUT2D eigenvalue weighted by atomic mass is 19.3. The number of halogens is 2. The lowest BCUT2D eigenvalue weighted by atomic mass is 10.1. The number of hydrogen-bond donors (Lipinski definition) is 1. The fraction of sp³-hybridized carbons (Fsp3) is 0.364. The van der Waals surface area contributed by atoms with E-state index in [4.69, 9.17) is 4.74 Å². The zero-order valence-corrected chi connectivity index (χ0v) is 16.2. The predicted molar refractivity (Wildman–Crippen MR) is 104 cm³/mol. The van der Waals surface area contributed by atoms with Gasteiger partial charge in [-0.3, -0.25) is 9.59 Å². The molecule has 1 saturated heterocycles. The first-order chi connectivity index (χ1) is 13.8. The van der Waals surface area contributed by atoms with Crippen molar-refractivity contribution in [1.82, 2.24) is 4.90 Å². The number of ether oxygens (including phenoxy) is 1. The van der Waals surface area contributed by atoms with Crippen molar-refractivity contribution in [3.8, 4) is 0 Å². The summed E-state index contributed by atoms with van der Waals surface area (Å²) in [7, 11) is 1.46. The van der Waals surface area contributed by atoms with Crippen LogP contribution in [0.2, 0.25) is 0 Å². The fourth-order valence-corrected chi connectivity index (χ4v) is 3.97. The Kier molecular flexibility index (Phi) is 4.86. The number of rotatable bonds is 5. The summed E-state index contributed by atoms with van der Waals surface area (Å²) in [6.07, 6.45) is -0.789. The molecule has 0 bridgehead atoms. The first-order valence-corrected chi connectivity index (χ1v) is 9.49. The van der Waals surface area contributed by atoms with Gasteiger partial charge in [-0.05, 0) is 30.2 Å². The van der Waals surface area contributed by atoms with Crippen LogP contribution in [0.4, 0.5) is 14.5 Å². The number of methoxy groups -OCH3 is 1. The number of amides is 2. The molecule has 0 spiro atoms. The van der Waals surface area contributed by atoms with Crippen molar-refractivity contribution in [3.63, 3.8) is 0 Å². The van der Waals surface area contributed by atoms with Crippen molar-refractivity contribution in [2.45, 2.75) is 19.0 Å². The van der Waals surface area contributed by atoms with Crippen LogP contribution < -0.4 is 5.32 Å². The Morgan fingerprint density at radius 1 is 1.14 bits per heavy atom. The van der Waals surface area contributed by atoms with E-state index in [0.717, 1.165) is 11.1 Å². The van der Waals surface area contributed by atoms with Gasteiger partial charge in [-0.15, -0.1) is 0 Å². The van der Waals surface area contributed by atoms with Gasteiger partial charge in [0.1, 0.15) is 0 Å². The molecule has 0 radical (unpaired) electrons. The molecule has 2 aromatic rings. The number of benzene rings is 2. The Hall–Kier alpha value is -2.80. The summed E-state index contributed by atoms with van der Waals surface area (Å²) in [4.78, 5) is 26.9. The number of hydrogen-bond acceptors (Lipinski definition) is 3. The number of aryl methyl sites for hydroxylation is 1. The third kappa shape index (κ3) is 3.51. The molecule has 1 heterocycles. The van der Waals surface area contributed by atoms with Crippen molar-refractivity contribution < 1.29 is 23.1 Å². The minimum Gasteiger partial charge on any atom is -0.367 e. The van der Waals surface area contributed by atoms with Gasteiger partial charge in [0.25, 0.3) is 17.7 Å². The molecule has 4 rings (SSSR count). The molecule has 7 heteroatoms. The highest BCUT2D eigenvalue weighted by Crippen LogP contribution is 2.59. The van der Waals surface area contributed by atoms with Crippen LogP contribution in [0.3, 0.4) is 0 Å². The number of fused-ring (bicyclic) bond motifs is 1. The van der Waals surface area contributed by atoms with Crippen LogP contribution in [0, 0.1) is 18.8 Å². The smallest absolute Gasteiger partial charge is 0.258 e. The maximum absolute atomic E-state index is 13.4. The third-order valence-electron chi connectivity index (χ3n) is 5.81. The van der Waals surface area contributed by atoms with Crippen molar-refractivity contribution >= 4 is 17.5 Å². The number of alkyl halides is 2. The summed E-state index contributed by atoms with van der Waals surface area (Å²) in [6, 6.07) is 14.1. The SMILES string of the molecule is CO[C@H](C(=O)Nc1cc(C(=O)N2CC3C(C2)C3(F)F)ccc1C)c1ccccc1. The van der Waals surface area contributed by atoms with E-state index in [-0.39, 0.29) is 24.9 Å². The van der Waals surface area contributed by atoms with Crippen molar-refractivity contribution in [1.29, 1.82) is 0 Å². The van der Waals surface area contributed by atoms with Gasteiger partial charge in [-0.25, -0.2) is 8.78 Å². The topological polar surface area (TPSA) is 58.6 Å². The highest BCUT2D eigenvalue weighted by molar-refractivity contribution is 5.99. The average Bonchev–Trinajstić information content (AvgIpc) is 3.05. The molecule has 1 aliphatic carbocycles. The number of likely N-dealkylation sites (tertiary alicyclic amines) is 1. The second kappa shape index (κ2) is 7.22. The molecule has 29 heavy (non-hydrogen) atoms. The lowest BCUT2D eigenvalue weighted by Crippen LogP contribution is -2.33. The first-order valence-electron chi connectivity index (χ1n) is 9.49. The maximum Gasteiger partial charge on any atom is 0.258 e. The van der Waals surface area contributed by atoms with E-state index in [2.05, 4.69) is 5.32 Å². The van der Waals surface area contributed by atoms with Crippen LogP contribution in [-0.4, -0.2) is 42.8 Å². The molecule has 1 N–H and O–H groups in total. The summed E-state index contributed by atoms with van der Waals surface area (Å²) < 4.78 is 32.1. The van der Waals surface area contributed by atoms with Crippen LogP contribution in [0.1, 0.15) is 27.6 Å². The lowest BCUT2D eigenvalue weighted by molar-refractivity contribution is -0.126. The van der Waals surface area contributed by atoms with Gasteiger partial charge in [-0.1, -0.05) is 36.4 Å². The van der Waals surface area contributed by atoms with Gasteiger partial charge in [0, 0.05) is 31.5 Å². The van der Waals surface area contributed by atoms with Crippen LogP contribution in [0.25, 0.3) is 0 Å². The number of piperidine rings is 1. The van der Waals surface area contributed by atoms with E-state index in [1.165, 1.54) is 12.0 Å². The number of anilines is 1. The van der Waals surface area contributed by atoms with Crippen molar-refractivity contribution in [2.24, 2.45) is 11.8 Å². The Morgan fingerprint density at radius 3 is 2.41 bits per heavy atom. The van der Waals surface area contributed by atoms with Crippen LogP contribution in [0.5, 0.6) is 0 Å². The standard InChI is InChI=1S/C22H22F2N2O3/c1-13-8-9-15(21(28)26-11-16-17(12-26)22(16,23)24)10-18(13)25-20(27)19(29-2)14-6-4-3-5-7-14/h3-10,16-17,19H,11-12H2,1-2H3,(H,25,27)/t16?,17?,19-/m0/s1. The fourth-order valence-electron chi connectivity index (χ4n) is 3.97. The number of nitrogens with one attached hydrogen (secondary N) is 1. The van der Waals surface area contributed by atoms with Gasteiger partial charge >= 0.3 is 0 Å². The van der Waals surface area contributed by atoms with E-state index < -0.39 is 23.9 Å². The quantitative estimate of drug-likeness (QED) is 0.833. The van der Waals surface area contributed by atoms with E-state index in [9.17, 15) is 18.4 Å². The zero-order valence-electron chi connectivity index (χ0n) is 16.2. The molecule has 0 aromatic heterocycles. The van der Waals surface area contributed by atoms with Gasteiger partial charge in [0.15, 0.2) is 6.10 Å².